The van der Waals surface area contributed by atoms with E-state index in [0.29, 0.717) is 31.8 Å². The molecule has 10 heteroatoms. The lowest BCUT2D eigenvalue weighted by atomic mass is 10.1. The number of benzene rings is 3. The van der Waals surface area contributed by atoms with Crippen LogP contribution in [0.1, 0.15) is 17.5 Å². The number of carbonyl (C=O) groups excluding carboxylic acids is 1. The Hall–Kier alpha value is -4.28. The second-order valence-corrected chi connectivity index (χ2v) is 10.3. The van der Waals surface area contributed by atoms with Gasteiger partial charge in [-0.25, -0.2) is 9.07 Å². The molecule has 0 aliphatic carbocycles. The average Bonchev–Trinajstić information content (AvgIpc) is 3.48. The lowest BCUT2D eigenvalue weighted by Gasteiger charge is -2.12. The topological polar surface area (TPSA) is 84.7 Å². The van der Waals surface area contributed by atoms with Crippen molar-refractivity contribution in [1.82, 2.24) is 14.7 Å². The van der Waals surface area contributed by atoms with Gasteiger partial charge in [0.05, 0.1) is 17.0 Å². The first-order chi connectivity index (χ1) is 18.9. The molecule has 1 saturated heterocycles. The van der Waals surface area contributed by atoms with Crippen LogP contribution in [0.2, 0.25) is 0 Å². The zero-order chi connectivity index (χ0) is 27.4. The highest BCUT2D eigenvalue weighted by molar-refractivity contribution is 8.26. The Morgan fingerprint density at radius 3 is 2.62 bits per heavy atom. The van der Waals surface area contributed by atoms with Crippen molar-refractivity contribution in [3.8, 4) is 22.7 Å². The van der Waals surface area contributed by atoms with E-state index in [-0.39, 0.29) is 31.3 Å². The Bertz CT molecular complexity index is 1590. The van der Waals surface area contributed by atoms with Crippen molar-refractivity contribution < 1.29 is 23.8 Å². The van der Waals surface area contributed by atoms with Gasteiger partial charge in [-0.3, -0.25) is 14.5 Å². The Morgan fingerprint density at radius 2 is 1.85 bits per heavy atom. The van der Waals surface area contributed by atoms with Crippen molar-refractivity contribution in [2.45, 2.75) is 13.0 Å². The van der Waals surface area contributed by atoms with Gasteiger partial charge in [-0.15, -0.1) is 0 Å². The predicted molar refractivity (Wildman–Crippen MR) is 152 cm³/mol. The molecule has 3 aromatic carbocycles. The van der Waals surface area contributed by atoms with E-state index in [1.54, 1.807) is 35.0 Å². The van der Waals surface area contributed by atoms with Crippen molar-refractivity contribution in [3.63, 3.8) is 0 Å². The molecular weight excluding hydrogens is 537 g/mol. The van der Waals surface area contributed by atoms with Crippen LogP contribution in [-0.2, 0) is 16.2 Å². The number of nitrogens with zero attached hydrogens (tertiary/aromatic N) is 3. The van der Waals surface area contributed by atoms with Crippen molar-refractivity contribution in [1.29, 1.82) is 0 Å². The summed E-state index contributed by atoms with van der Waals surface area (Å²) < 4.78 is 22.0. The van der Waals surface area contributed by atoms with Gasteiger partial charge in [-0.2, -0.15) is 5.10 Å². The summed E-state index contributed by atoms with van der Waals surface area (Å²) in [7, 11) is 0. The van der Waals surface area contributed by atoms with Gasteiger partial charge >= 0.3 is 5.97 Å². The number of aliphatic carboxylic acids is 1. The minimum absolute atomic E-state index is 0.00880. The number of carbonyl (C=O) groups is 2. The quantitative estimate of drug-likeness (QED) is 0.201. The van der Waals surface area contributed by atoms with Crippen molar-refractivity contribution in [3.05, 3.63) is 107 Å². The maximum Gasteiger partial charge on any atom is 0.305 e. The molecule has 0 bridgehead atoms. The second kappa shape index (κ2) is 11.6. The average molecular weight is 560 g/mol. The zero-order valence-corrected chi connectivity index (χ0v) is 22.1. The third-order valence-corrected chi connectivity index (χ3v) is 7.31. The van der Waals surface area contributed by atoms with Gasteiger partial charge in [0.15, 0.2) is 0 Å². The third kappa shape index (κ3) is 6.08. The van der Waals surface area contributed by atoms with Crippen LogP contribution in [0.25, 0.3) is 23.0 Å². The number of rotatable bonds is 9. The Labute approximate surface area is 233 Å². The first-order valence-corrected chi connectivity index (χ1v) is 13.2. The van der Waals surface area contributed by atoms with Gasteiger partial charge in [-0.1, -0.05) is 72.5 Å². The Kier molecular flexibility index (Phi) is 7.85. The largest absolute Gasteiger partial charge is 0.489 e. The van der Waals surface area contributed by atoms with E-state index < -0.39 is 5.97 Å². The summed E-state index contributed by atoms with van der Waals surface area (Å²) in [4.78, 5) is 25.7. The van der Waals surface area contributed by atoms with Crippen LogP contribution >= 0.6 is 24.0 Å². The lowest BCUT2D eigenvalue weighted by Crippen LogP contribution is -2.30. The van der Waals surface area contributed by atoms with E-state index in [9.17, 15) is 14.0 Å². The van der Waals surface area contributed by atoms with Crippen LogP contribution in [0.15, 0.2) is 90.0 Å². The number of hydrogen-bond donors (Lipinski definition) is 1. The fourth-order valence-corrected chi connectivity index (χ4v) is 5.28. The molecule has 39 heavy (non-hydrogen) atoms. The van der Waals surface area contributed by atoms with Crippen LogP contribution in [0.5, 0.6) is 5.75 Å². The van der Waals surface area contributed by atoms with Crippen LogP contribution in [0.3, 0.4) is 0 Å². The van der Waals surface area contributed by atoms with Gasteiger partial charge in [0.1, 0.15) is 28.2 Å². The van der Waals surface area contributed by atoms with E-state index in [0.717, 1.165) is 23.0 Å². The monoisotopic (exact) mass is 559 g/mol. The number of aromatic nitrogens is 2. The van der Waals surface area contributed by atoms with Crippen LogP contribution in [0.4, 0.5) is 4.39 Å². The number of hydrogen-bond acceptors (Lipinski definition) is 6. The molecule has 0 unspecified atom stereocenters. The third-order valence-electron chi connectivity index (χ3n) is 5.93. The molecule has 5 rings (SSSR count). The molecule has 1 N–H and O–H groups in total. The maximum atomic E-state index is 14.1. The Balaban J connectivity index is 1.48. The summed E-state index contributed by atoms with van der Waals surface area (Å²) in [5, 5.41) is 13.8. The number of amides is 1. The summed E-state index contributed by atoms with van der Waals surface area (Å²) in [5.41, 5.74) is 3.29. The molecule has 1 aliphatic heterocycles. The van der Waals surface area contributed by atoms with Crippen LogP contribution in [-0.4, -0.2) is 42.5 Å². The summed E-state index contributed by atoms with van der Waals surface area (Å²) in [6.45, 7) is 0.0785. The van der Waals surface area contributed by atoms with Gasteiger partial charge in [0.2, 0.25) is 0 Å². The number of carboxylic acid groups (broad SMARTS) is 1. The highest BCUT2D eigenvalue weighted by Crippen LogP contribution is 2.35. The number of halogens is 1. The molecule has 7 nitrogen and oxygen atoms in total. The molecule has 0 atom stereocenters. The number of thiocarbonyl (C=S) groups is 1. The maximum absolute atomic E-state index is 14.1. The summed E-state index contributed by atoms with van der Waals surface area (Å²) in [6.07, 6.45) is 3.34. The zero-order valence-electron chi connectivity index (χ0n) is 20.5. The van der Waals surface area contributed by atoms with Crippen LogP contribution in [0, 0.1) is 5.82 Å². The summed E-state index contributed by atoms with van der Waals surface area (Å²) >= 11 is 6.46. The first-order valence-electron chi connectivity index (χ1n) is 12.0. The molecule has 196 valence electrons. The SMILES string of the molecule is O=C(O)CCN1C(=O)/C(=C\c2cn(-c3ccccc3)nc2-c2cccc(OCc3ccccc3F)c2)SC1=S. The minimum atomic E-state index is -1.00. The van der Waals surface area contributed by atoms with Crippen molar-refractivity contribution in [2.24, 2.45) is 0 Å². The van der Waals surface area contributed by atoms with Gasteiger partial charge in [0.25, 0.3) is 5.91 Å². The number of carboxylic acids is 1. The molecule has 2 heterocycles. The predicted octanol–water partition coefficient (Wildman–Crippen LogP) is 5.93. The van der Waals surface area contributed by atoms with E-state index in [4.69, 9.17) is 27.2 Å². The second-order valence-electron chi connectivity index (χ2n) is 8.60. The number of thioether (sulfide) groups is 1. The molecule has 1 amide bonds. The standard InChI is InChI=1S/C29H22FN3O4S2/c30-24-12-5-4-7-20(24)18-37-23-11-6-8-19(15-23)27-21(17-33(31-27)22-9-2-1-3-10-22)16-25-28(36)32(29(38)39-25)14-13-26(34)35/h1-12,15-17H,13-14,18H2,(H,34,35)/b25-16+. The normalized spacial score (nSPS) is 14.3. The smallest absolute Gasteiger partial charge is 0.305 e. The fraction of sp³-hybridized carbons (Fsp3) is 0.103. The molecule has 1 aromatic heterocycles. The minimum Gasteiger partial charge on any atom is -0.489 e. The number of ether oxygens (including phenoxy) is 1. The van der Waals surface area contributed by atoms with Gasteiger partial charge in [0, 0.05) is 29.4 Å². The van der Waals surface area contributed by atoms with Crippen molar-refractivity contribution in [2.75, 3.05) is 6.54 Å². The van der Waals surface area contributed by atoms with Crippen LogP contribution < -0.4 is 4.74 Å². The van der Waals surface area contributed by atoms with Gasteiger partial charge < -0.3 is 9.84 Å². The Morgan fingerprint density at radius 1 is 1.08 bits per heavy atom. The molecule has 1 fully saturated rings. The fourth-order valence-electron chi connectivity index (χ4n) is 3.98. The molecule has 4 aromatic rings. The first kappa shape index (κ1) is 26.3. The van der Waals surface area contributed by atoms with E-state index >= 15 is 0 Å². The molecule has 0 radical (unpaired) electrons. The van der Waals surface area contributed by atoms with Gasteiger partial charge in [-0.05, 0) is 36.4 Å². The highest BCUT2D eigenvalue weighted by atomic mass is 32.2. The summed E-state index contributed by atoms with van der Waals surface area (Å²) in [5.74, 6) is -1.14. The van der Waals surface area contributed by atoms with Crippen molar-refractivity contribution >= 4 is 46.3 Å². The molecule has 0 saturated carbocycles. The summed E-state index contributed by atoms with van der Waals surface area (Å²) in [6, 6.07) is 23.3. The lowest BCUT2D eigenvalue weighted by molar-refractivity contribution is -0.137. The molecule has 1 aliphatic rings. The molecular formula is C29H22FN3O4S2. The van der Waals surface area contributed by atoms with E-state index in [2.05, 4.69) is 0 Å². The van der Waals surface area contributed by atoms with E-state index in [1.165, 1.54) is 11.0 Å². The number of para-hydroxylation sites is 1. The highest BCUT2D eigenvalue weighted by Gasteiger charge is 2.32. The van der Waals surface area contributed by atoms with E-state index in [1.807, 2.05) is 54.7 Å². The molecule has 0 spiro atoms.